The zero-order valence-corrected chi connectivity index (χ0v) is 12.6. The SMILES string of the molecule is Brc1ccc2oc3ccccc3oc3ccccc3c2c1. The molecule has 1 aromatic heterocycles. The fourth-order valence-corrected chi connectivity index (χ4v) is 2.80. The molecule has 102 valence electrons. The van der Waals surface area contributed by atoms with Gasteiger partial charge in [0.25, 0.3) is 0 Å². The van der Waals surface area contributed by atoms with E-state index in [-0.39, 0.29) is 0 Å². The lowest BCUT2D eigenvalue weighted by Crippen LogP contribution is -1.77. The van der Waals surface area contributed by atoms with Crippen molar-refractivity contribution in [1.82, 2.24) is 0 Å². The topological polar surface area (TPSA) is 26.3 Å². The summed E-state index contributed by atoms with van der Waals surface area (Å²) in [4.78, 5) is 0. The van der Waals surface area contributed by atoms with Crippen LogP contribution in [0.15, 0.2) is 80.0 Å². The van der Waals surface area contributed by atoms with E-state index >= 15 is 0 Å². The Kier molecular flexibility index (Phi) is 2.93. The summed E-state index contributed by atoms with van der Waals surface area (Å²) in [5.41, 5.74) is 3.09. The number of rotatable bonds is 0. The number of para-hydroxylation sites is 3. The van der Waals surface area contributed by atoms with Crippen LogP contribution in [0.25, 0.3) is 33.1 Å². The normalized spacial score (nSPS) is 11.1. The van der Waals surface area contributed by atoms with Gasteiger partial charge in [-0.05, 0) is 36.4 Å². The van der Waals surface area contributed by atoms with E-state index in [2.05, 4.69) is 15.9 Å². The molecule has 0 unspecified atom stereocenters. The summed E-state index contributed by atoms with van der Waals surface area (Å²) in [7, 11) is 0. The molecule has 3 heteroatoms. The first-order valence-electron chi connectivity index (χ1n) is 6.65. The van der Waals surface area contributed by atoms with Gasteiger partial charge in [0, 0.05) is 15.2 Å². The van der Waals surface area contributed by atoms with Crippen molar-refractivity contribution in [1.29, 1.82) is 0 Å². The Labute approximate surface area is 129 Å². The van der Waals surface area contributed by atoms with Crippen LogP contribution in [0.1, 0.15) is 0 Å². The highest BCUT2D eigenvalue weighted by atomic mass is 79.9. The van der Waals surface area contributed by atoms with E-state index in [0.29, 0.717) is 0 Å². The highest BCUT2D eigenvalue weighted by Gasteiger charge is 2.04. The lowest BCUT2D eigenvalue weighted by Gasteiger charge is -2.03. The molecule has 0 aliphatic heterocycles. The number of benzene rings is 3. The standard InChI is InChI=1S/C18H11BrO2/c19-12-9-10-16-14(11-12)13-5-1-2-6-15(13)20-17-7-3-4-8-18(17)21-16/h1-11H. The quantitative estimate of drug-likeness (QED) is 0.380. The fourth-order valence-electron chi connectivity index (χ4n) is 2.44. The number of halogens is 1. The van der Waals surface area contributed by atoms with Crippen molar-refractivity contribution in [2.24, 2.45) is 0 Å². The van der Waals surface area contributed by atoms with Gasteiger partial charge in [0.2, 0.25) is 0 Å². The van der Waals surface area contributed by atoms with Gasteiger partial charge in [-0.3, -0.25) is 0 Å². The van der Waals surface area contributed by atoms with Gasteiger partial charge in [0.05, 0.1) is 0 Å². The first-order chi connectivity index (χ1) is 10.3. The van der Waals surface area contributed by atoms with Crippen molar-refractivity contribution < 1.29 is 8.83 Å². The van der Waals surface area contributed by atoms with Crippen LogP contribution < -0.4 is 0 Å². The lowest BCUT2D eigenvalue weighted by molar-refractivity contribution is 0.618. The Morgan fingerprint density at radius 3 is 1.86 bits per heavy atom. The van der Waals surface area contributed by atoms with Crippen molar-refractivity contribution >= 4 is 49.0 Å². The minimum absolute atomic E-state index is 0.718. The third-order valence-corrected chi connectivity index (χ3v) is 3.90. The van der Waals surface area contributed by atoms with Gasteiger partial charge < -0.3 is 8.83 Å². The first-order valence-corrected chi connectivity index (χ1v) is 7.44. The fraction of sp³-hybridized carbons (Fsp3) is 0. The Balaban J connectivity index is 2.36. The molecule has 4 aromatic rings. The summed E-state index contributed by atoms with van der Waals surface area (Å²) < 4.78 is 13.1. The molecule has 0 bridgehead atoms. The van der Waals surface area contributed by atoms with Crippen molar-refractivity contribution in [3.63, 3.8) is 0 Å². The molecule has 0 N–H and O–H groups in total. The van der Waals surface area contributed by atoms with E-state index in [9.17, 15) is 0 Å². The minimum atomic E-state index is 0.718. The Morgan fingerprint density at radius 1 is 0.571 bits per heavy atom. The van der Waals surface area contributed by atoms with Gasteiger partial charge in [0.1, 0.15) is 11.2 Å². The highest BCUT2D eigenvalue weighted by molar-refractivity contribution is 9.10. The Hall–Kier alpha value is -2.26. The van der Waals surface area contributed by atoms with Crippen LogP contribution in [0.5, 0.6) is 0 Å². The van der Waals surface area contributed by atoms with E-state index < -0.39 is 0 Å². The maximum Gasteiger partial charge on any atom is 0.169 e. The predicted molar refractivity (Wildman–Crippen MR) is 88.8 cm³/mol. The van der Waals surface area contributed by atoms with Gasteiger partial charge in [-0.1, -0.05) is 46.3 Å². The van der Waals surface area contributed by atoms with Crippen LogP contribution in [0.2, 0.25) is 0 Å². The van der Waals surface area contributed by atoms with E-state index in [1.807, 2.05) is 66.7 Å². The van der Waals surface area contributed by atoms with E-state index in [1.165, 1.54) is 0 Å². The van der Waals surface area contributed by atoms with Crippen molar-refractivity contribution in [3.8, 4) is 0 Å². The van der Waals surface area contributed by atoms with Crippen LogP contribution in [-0.4, -0.2) is 0 Å². The highest BCUT2D eigenvalue weighted by Crippen LogP contribution is 2.28. The van der Waals surface area contributed by atoms with Crippen molar-refractivity contribution in [3.05, 3.63) is 71.2 Å². The van der Waals surface area contributed by atoms with Crippen LogP contribution in [0, 0.1) is 0 Å². The maximum absolute atomic E-state index is 6.05. The second-order valence-corrected chi connectivity index (χ2v) is 5.70. The molecule has 21 heavy (non-hydrogen) atoms. The molecule has 3 aromatic carbocycles. The summed E-state index contributed by atoms with van der Waals surface area (Å²) in [5.74, 6) is 0. The second-order valence-electron chi connectivity index (χ2n) is 4.79. The molecule has 0 atom stereocenters. The molecular weight excluding hydrogens is 328 g/mol. The molecule has 4 rings (SSSR count). The largest absolute Gasteiger partial charge is 0.453 e. The smallest absolute Gasteiger partial charge is 0.169 e. The monoisotopic (exact) mass is 338 g/mol. The summed E-state index contributed by atoms with van der Waals surface area (Å²) in [6, 6.07) is 21.7. The van der Waals surface area contributed by atoms with E-state index in [0.717, 1.165) is 37.6 Å². The van der Waals surface area contributed by atoms with Crippen LogP contribution in [0.3, 0.4) is 0 Å². The predicted octanol–water partition coefficient (Wildman–Crippen LogP) is 6.22. The second kappa shape index (κ2) is 4.93. The van der Waals surface area contributed by atoms with Gasteiger partial charge in [0.15, 0.2) is 11.2 Å². The molecule has 0 aliphatic carbocycles. The zero-order valence-electron chi connectivity index (χ0n) is 11.0. The van der Waals surface area contributed by atoms with Gasteiger partial charge >= 0.3 is 0 Å². The molecule has 0 radical (unpaired) electrons. The number of hydrogen-bond acceptors (Lipinski definition) is 2. The summed E-state index contributed by atoms with van der Waals surface area (Å²) in [6.07, 6.45) is 0. The average molecular weight is 339 g/mol. The number of hydrogen-bond donors (Lipinski definition) is 0. The van der Waals surface area contributed by atoms with Crippen LogP contribution in [-0.2, 0) is 0 Å². The zero-order chi connectivity index (χ0) is 14.2. The summed E-state index contributed by atoms with van der Waals surface area (Å²) in [5, 5.41) is 2.03. The summed E-state index contributed by atoms with van der Waals surface area (Å²) >= 11 is 3.52. The third-order valence-electron chi connectivity index (χ3n) is 3.41. The Bertz CT molecular complexity index is 1010. The van der Waals surface area contributed by atoms with Crippen LogP contribution >= 0.6 is 15.9 Å². The van der Waals surface area contributed by atoms with Crippen molar-refractivity contribution in [2.75, 3.05) is 0 Å². The van der Waals surface area contributed by atoms with Gasteiger partial charge in [-0.15, -0.1) is 0 Å². The molecule has 1 heterocycles. The molecule has 0 aliphatic rings. The molecule has 0 spiro atoms. The average Bonchev–Trinajstić information content (AvgIpc) is 2.50. The van der Waals surface area contributed by atoms with Gasteiger partial charge in [-0.25, -0.2) is 0 Å². The molecule has 0 saturated heterocycles. The molecule has 0 amide bonds. The third kappa shape index (κ3) is 2.20. The Morgan fingerprint density at radius 2 is 1.14 bits per heavy atom. The van der Waals surface area contributed by atoms with E-state index in [4.69, 9.17) is 8.83 Å². The van der Waals surface area contributed by atoms with Gasteiger partial charge in [-0.2, -0.15) is 0 Å². The molecule has 0 fully saturated rings. The molecule has 0 saturated carbocycles. The van der Waals surface area contributed by atoms with E-state index in [1.54, 1.807) is 0 Å². The number of fused-ring (bicyclic) bond motifs is 4. The maximum atomic E-state index is 6.05. The summed E-state index contributed by atoms with van der Waals surface area (Å²) in [6.45, 7) is 0. The van der Waals surface area contributed by atoms with Crippen molar-refractivity contribution in [2.45, 2.75) is 0 Å². The first kappa shape index (κ1) is 12.5. The van der Waals surface area contributed by atoms with Crippen LogP contribution in [0.4, 0.5) is 0 Å². The molecular formula is C18H11BrO2. The molecule has 2 nitrogen and oxygen atoms in total. The lowest BCUT2D eigenvalue weighted by atomic mass is 10.1. The minimum Gasteiger partial charge on any atom is -0.453 e.